The summed E-state index contributed by atoms with van der Waals surface area (Å²) in [6, 6.07) is -1.12. The van der Waals surface area contributed by atoms with Gasteiger partial charge in [0.25, 0.3) is 0 Å². The van der Waals surface area contributed by atoms with Crippen molar-refractivity contribution in [3.63, 3.8) is 0 Å². The molecule has 306 valence electrons. The van der Waals surface area contributed by atoms with Gasteiger partial charge in [-0.15, -0.1) is 0 Å². The Morgan fingerprint density at radius 3 is 1.81 bits per heavy atom. The molecule has 0 radical (unpaired) electrons. The van der Waals surface area contributed by atoms with Crippen LogP contribution in [-0.4, -0.2) is 107 Å². The molecule has 7 N–H and O–H groups in total. The first-order valence-corrected chi connectivity index (χ1v) is 21.2. The van der Waals surface area contributed by atoms with Gasteiger partial charge in [0.2, 0.25) is 5.91 Å². The van der Waals surface area contributed by atoms with Crippen LogP contribution in [0.2, 0.25) is 0 Å². The Labute approximate surface area is 313 Å². The summed E-state index contributed by atoms with van der Waals surface area (Å²) in [5, 5.41) is 54.8. The van der Waals surface area contributed by atoms with E-state index in [1.54, 1.807) is 6.08 Å². The Bertz CT molecular complexity index is 1060. The zero-order chi connectivity index (χ0) is 38.6. The quantitative estimate of drug-likeness (QED) is 0.0268. The molecule has 14 heteroatoms. The molecule has 8 unspecified atom stereocenters. The molecule has 1 fully saturated rings. The topological polar surface area (TPSA) is 212 Å². The SMILES string of the molecule is CCCCCC/C=C\CCCCCCCCC(O)C(=O)NC(COC1OC(CO)C(O)C(OS(=O)(=O)O)C1O)C(O)/C=C/CCCCCCCCC. The summed E-state index contributed by atoms with van der Waals surface area (Å²) in [4.78, 5) is 13.0. The van der Waals surface area contributed by atoms with Crippen LogP contribution in [0.3, 0.4) is 0 Å². The number of unbranched alkanes of at least 4 members (excludes halogenated alkanes) is 17. The molecule has 13 nitrogen and oxygen atoms in total. The van der Waals surface area contributed by atoms with E-state index in [9.17, 15) is 38.7 Å². The van der Waals surface area contributed by atoms with E-state index in [1.807, 2.05) is 0 Å². The van der Waals surface area contributed by atoms with Crippen LogP contribution >= 0.6 is 0 Å². The summed E-state index contributed by atoms with van der Waals surface area (Å²) in [6.07, 6.45) is 18.6. The van der Waals surface area contributed by atoms with Crippen molar-refractivity contribution < 1.29 is 57.0 Å². The second-order valence-electron chi connectivity index (χ2n) is 14.0. The predicted molar refractivity (Wildman–Crippen MR) is 201 cm³/mol. The van der Waals surface area contributed by atoms with Gasteiger partial charge in [-0.05, 0) is 44.9 Å². The number of aliphatic hydroxyl groups excluding tert-OH is 5. The number of aliphatic hydroxyl groups is 5. The van der Waals surface area contributed by atoms with Gasteiger partial charge in [0.05, 0.1) is 25.4 Å². The third-order valence-corrected chi connectivity index (χ3v) is 9.80. The van der Waals surface area contributed by atoms with Crippen molar-refractivity contribution in [2.75, 3.05) is 13.2 Å². The lowest BCUT2D eigenvalue weighted by Gasteiger charge is -2.41. The average molecular weight is 766 g/mol. The van der Waals surface area contributed by atoms with Crippen LogP contribution < -0.4 is 5.32 Å². The van der Waals surface area contributed by atoms with Gasteiger partial charge in [-0.3, -0.25) is 9.35 Å². The maximum atomic E-state index is 13.0. The molecule has 1 aliphatic heterocycles. The minimum absolute atomic E-state index is 0.236. The highest BCUT2D eigenvalue weighted by Crippen LogP contribution is 2.26. The van der Waals surface area contributed by atoms with E-state index in [-0.39, 0.29) is 6.42 Å². The standard InChI is InChI=1S/C38H71NO12S/c1-3-5-7-9-11-13-14-15-16-17-19-21-23-25-27-32(42)37(45)39-30(31(41)26-24-22-20-18-12-10-8-6-4-2)29-49-38-35(44)36(51-52(46,47)48)34(43)33(28-40)50-38/h13-14,24,26,30-36,38,40-44H,3-12,15-23,25,27-29H2,1-2H3,(H,39,45)(H,46,47,48)/b14-13-,26-24+. The number of allylic oxidation sites excluding steroid dienone is 3. The number of rotatable bonds is 32. The van der Waals surface area contributed by atoms with Crippen LogP contribution in [0.4, 0.5) is 0 Å². The van der Waals surface area contributed by atoms with Crippen molar-refractivity contribution in [3.8, 4) is 0 Å². The van der Waals surface area contributed by atoms with Crippen molar-refractivity contribution in [1.82, 2.24) is 5.32 Å². The Morgan fingerprint density at radius 1 is 0.769 bits per heavy atom. The molecule has 0 aromatic carbocycles. The highest BCUT2D eigenvalue weighted by atomic mass is 32.3. The van der Waals surface area contributed by atoms with Gasteiger partial charge in [0.15, 0.2) is 6.29 Å². The zero-order valence-electron chi connectivity index (χ0n) is 31.7. The summed E-state index contributed by atoms with van der Waals surface area (Å²) in [6.45, 7) is 3.12. The van der Waals surface area contributed by atoms with Crippen LogP contribution in [-0.2, 0) is 28.9 Å². The molecule has 8 atom stereocenters. The van der Waals surface area contributed by atoms with Crippen molar-refractivity contribution in [1.29, 1.82) is 0 Å². The van der Waals surface area contributed by atoms with Crippen molar-refractivity contribution in [2.45, 2.75) is 198 Å². The fourth-order valence-electron chi connectivity index (χ4n) is 6.10. The van der Waals surface area contributed by atoms with Crippen LogP contribution in [0, 0.1) is 0 Å². The van der Waals surface area contributed by atoms with Gasteiger partial charge in [-0.2, -0.15) is 8.42 Å². The van der Waals surface area contributed by atoms with Crippen LogP contribution in [0.5, 0.6) is 0 Å². The number of hydrogen-bond donors (Lipinski definition) is 7. The van der Waals surface area contributed by atoms with Gasteiger partial charge < -0.3 is 40.3 Å². The molecule has 1 aliphatic rings. The third-order valence-electron chi connectivity index (χ3n) is 9.33. The van der Waals surface area contributed by atoms with Gasteiger partial charge in [0, 0.05) is 0 Å². The number of amides is 1. The first-order chi connectivity index (χ1) is 24.9. The van der Waals surface area contributed by atoms with Gasteiger partial charge in [-0.1, -0.05) is 128 Å². The summed E-state index contributed by atoms with van der Waals surface area (Å²) in [5.74, 6) is -0.712. The lowest BCUT2D eigenvalue weighted by molar-refractivity contribution is -0.298. The molecular weight excluding hydrogens is 694 g/mol. The molecule has 0 aliphatic carbocycles. The van der Waals surface area contributed by atoms with Crippen LogP contribution in [0.1, 0.15) is 149 Å². The Morgan fingerprint density at radius 2 is 1.27 bits per heavy atom. The molecule has 1 amide bonds. The molecule has 1 saturated heterocycles. The fourth-order valence-corrected chi connectivity index (χ4v) is 6.61. The molecule has 0 aromatic rings. The van der Waals surface area contributed by atoms with E-state index in [2.05, 4.69) is 35.5 Å². The zero-order valence-corrected chi connectivity index (χ0v) is 32.5. The number of nitrogens with one attached hydrogen (secondary N) is 1. The number of ether oxygens (including phenoxy) is 2. The maximum Gasteiger partial charge on any atom is 0.397 e. The third kappa shape index (κ3) is 22.7. The summed E-state index contributed by atoms with van der Waals surface area (Å²) < 4.78 is 47.2. The van der Waals surface area contributed by atoms with Gasteiger partial charge >= 0.3 is 10.4 Å². The smallest absolute Gasteiger partial charge is 0.394 e. The van der Waals surface area contributed by atoms with Gasteiger partial charge in [0.1, 0.15) is 30.5 Å². The normalized spacial score (nSPS) is 23.0. The molecule has 52 heavy (non-hydrogen) atoms. The molecule has 1 rings (SSSR count). The minimum Gasteiger partial charge on any atom is -0.394 e. The predicted octanol–water partition coefficient (Wildman–Crippen LogP) is 5.18. The molecule has 0 bridgehead atoms. The number of carbonyl (C=O) groups is 1. The van der Waals surface area contributed by atoms with E-state index in [0.29, 0.717) is 12.8 Å². The molecule has 0 saturated carbocycles. The van der Waals surface area contributed by atoms with E-state index in [4.69, 9.17) is 14.0 Å². The highest BCUT2D eigenvalue weighted by molar-refractivity contribution is 7.80. The Kier molecular flexibility index (Phi) is 27.9. The van der Waals surface area contributed by atoms with E-state index < -0.39 is 78.5 Å². The van der Waals surface area contributed by atoms with Crippen LogP contribution in [0.25, 0.3) is 0 Å². The molecule has 0 spiro atoms. The van der Waals surface area contributed by atoms with E-state index in [1.165, 1.54) is 57.4 Å². The minimum atomic E-state index is -5.11. The number of hydrogen-bond acceptors (Lipinski definition) is 11. The van der Waals surface area contributed by atoms with E-state index >= 15 is 0 Å². The monoisotopic (exact) mass is 765 g/mol. The fraction of sp³-hybridized carbons (Fsp3) is 0.868. The largest absolute Gasteiger partial charge is 0.397 e. The summed E-state index contributed by atoms with van der Waals surface area (Å²) in [7, 11) is -5.11. The summed E-state index contributed by atoms with van der Waals surface area (Å²) in [5.41, 5.74) is 0. The average Bonchev–Trinajstić information content (AvgIpc) is 3.11. The Hall–Kier alpha value is -1.46. The lowest BCUT2D eigenvalue weighted by atomic mass is 9.99. The van der Waals surface area contributed by atoms with Crippen molar-refractivity contribution in [2.24, 2.45) is 0 Å². The second-order valence-corrected chi connectivity index (χ2v) is 15.1. The molecular formula is C38H71NO12S. The summed E-state index contributed by atoms with van der Waals surface area (Å²) >= 11 is 0. The van der Waals surface area contributed by atoms with Crippen LogP contribution in [0.15, 0.2) is 24.3 Å². The maximum absolute atomic E-state index is 13.0. The molecule has 1 heterocycles. The highest BCUT2D eigenvalue weighted by Gasteiger charge is 2.48. The first kappa shape index (κ1) is 48.6. The van der Waals surface area contributed by atoms with Gasteiger partial charge in [-0.25, -0.2) is 4.18 Å². The first-order valence-electron chi connectivity index (χ1n) is 19.8. The lowest BCUT2D eigenvalue weighted by Crippen LogP contribution is -2.61. The Balaban J connectivity index is 2.67. The second kappa shape index (κ2) is 29.8. The molecule has 0 aromatic heterocycles. The van der Waals surface area contributed by atoms with E-state index in [0.717, 1.165) is 64.2 Å². The number of carbonyl (C=O) groups excluding carboxylic acids is 1. The van der Waals surface area contributed by atoms with Crippen molar-refractivity contribution in [3.05, 3.63) is 24.3 Å². The van der Waals surface area contributed by atoms with Crippen molar-refractivity contribution >= 4 is 16.3 Å².